The molecule has 2 aromatic carbocycles. The Labute approximate surface area is 206 Å². The first kappa shape index (κ1) is 31.7. The Balaban J connectivity index is 0. The van der Waals surface area contributed by atoms with Crippen LogP contribution in [0.4, 0.5) is 27.6 Å². The van der Waals surface area contributed by atoms with Crippen LogP contribution in [-0.2, 0) is 21.7 Å². The zero-order valence-corrected chi connectivity index (χ0v) is 20.3. The molecule has 0 fully saturated rings. The van der Waals surface area contributed by atoms with Crippen LogP contribution in [0.15, 0.2) is 41.0 Å². The fourth-order valence-corrected chi connectivity index (χ4v) is 3.19. The molecule has 0 aromatic heterocycles. The first-order chi connectivity index (χ1) is 13.0. The molecule has 0 bridgehead atoms. The van der Waals surface area contributed by atoms with Gasteiger partial charge in [0.05, 0.1) is 0 Å². The molecule has 0 spiro atoms. The molecule has 1 nitrogen and oxygen atoms in total. The van der Waals surface area contributed by atoms with Crippen LogP contribution >= 0.6 is 0 Å². The van der Waals surface area contributed by atoms with Crippen LogP contribution in [0, 0.1) is 41.9 Å². The molecule has 1 unspecified atom stereocenters. The van der Waals surface area contributed by atoms with Gasteiger partial charge in [0.15, 0.2) is 17.5 Å². The van der Waals surface area contributed by atoms with Gasteiger partial charge in [0.1, 0.15) is 11.6 Å². The fourth-order valence-electron chi connectivity index (χ4n) is 3.19. The second-order valence-electron chi connectivity index (χ2n) is 6.67. The zero-order valence-electron chi connectivity index (χ0n) is 17.2. The molecular formula is C22H20Cl2F5NTi-2. The maximum absolute atomic E-state index is 12.2. The van der Waals surface area contributed by atoms with Gasteiger partial charge in [0.25, 0.3) is 0 Å². The van der Waals surface area contributed by atoms with Gasteiger partial charge in [-0.05, 0) is 32.3 Å². The molecule has 3 rings (SSSR count). The van der Waals surface area contributed by atoms with Crippen LogP contribution in [0.25, 0.3) is 11.3 Å². The molecule has 168 valence electrons. The van der Waals surface area contributed by atoms with Gasteiger partial charge in [-0.25, -0.2) is 22.0 Å². The third-order valence-corrected chi connectivity index (χ3v) is 5.16. The van der Waals surface area contributed by atoms with Crippen LogP contribution in [0.3, 0.4) is 0 Å². The molecule has 1 atom stereocenters. The number of hydrogen-bond donors (Lipinski definition) is 0. The third kappa shape index (κ3) is 6.07. The van der Waals surface area contributed by atoms with Crippen molar-refractivity contribution in [2.45, 2.75) is 27.7 Å². The summed E-state index contributed by atoms with van der Waals surface area (Å²) in [4.78, 5) is 0. The molecule has 31 heavy (non-hydrogen) atoms. The summed E-state index contributed by atoms with van der Waals surface area (Å²) in [6, 6.07) is 8.42. The Morgan fingerprint density at radius 2 is 1.19 bits per heavy atom. The van der Waals surface area contributed by atoms with Crippen molar-refractivity contribution in [2.24, 2.45) is 5.92 Å². The van der Waals surface area contributed by atoms with Crippen molar-refractivity contribution in [1.82, 2.24) is 0 Å². The van der Waals surface area contributed by atoms with Gasteiger partial charge in [-0.2, -0.15) is 18.6 Å². The maximum Gasteiger partial charge on any atom is 2.00 e. The van der Waals surface area contributed by atoms with E-state index in [0.29, 0.717) is 5.92 Å². The molecule has 0 radical (unpaired) electrons. The van der Waals surface area contributed by atoms with Crippen LogP contribution in [0.1, 0.15) is 38.8 Å². The van der Waals surface area contributed by atoms with Crippen LogP contribution in [-0.4, -0.2) is 0 Å². The van der Waals surface area contributed by atoms with E-state index in [4.69, 9.17) is 5.73 Å². The Morgan fingerprint density at radius 1 is 0.774 bits per heavy atom. The first-order valence-corrected chi connectivity index (χ1v) is 8.53. The van der Waals surface area contributed by atoms with Crippen LogP contribution in [0.2, 0.25) is 0 Å². The molecular weight excluding hydrogens is 492 g/mol. The monoisotopic (exact) mass is 511 g/mol. The quantitative estimate of drug-likeness (QED) is 0.183. The minimum Gasteiger partial charge on any atom is -1.00 e. The van der Waals surface area contributed by atoms with E-state index in [1.165, 1.54) is 27.9 Å². The predicted octanol–water partition coefficient (Wildman–Crippen LogP) is 1.70. The van der Waals surface area contributed by atoms with Crippen LogP contribution < -0.4 is 24.8 Å². The van der Waals surface area contributed by atoms with Crippen molar-refractivity contribution in [2.75, 3.05) is 0 Å². The van der Waals surface area contributed by atoms with E-state index in [-0.39, 0.29) is 46.5 Å². The zero-order chi connectivity index (χ0) is 21.3. The van der Waals surface area contributed by atoms with E-state index < -0.39 is 34.8 Å². The van der Waals surface area contributed by atoms with Crippen molar-refractivity contribution in [3.05, 3.63) is 93.9 Å². The largest absolute Gasteiger partial charge is 2.00 e. The molecule has 1 aliphatic carbocycles. The van der Waals surface area contributed by atoms with E-state index in [0.717, 1.165) is 5.56 Å². The minimum absolute atomic E-state index is 0. The summed E-state index contributed by atoms with van der Waals surface area (Å²) < 4.78 is 60.9. The molecule has 0 saturated heterocycles. The Morgan fingerprint density at radius 3 is 1.58 bits per heavy atom. The molecule has 1 aliphatic rings. The average molecular weight is 512 g/mol. The Hall–Kier alpha value is -1.47. The summed E-state index contributed by atoms with van der Waals surface area (Å²) in [6.45, 7) is 13.1. The fraction of sp³-hybridized carbons (Fsp3) is 0.227. The van der Waals surface area contributed by atoms with Crippen molar-refractivity contribution in [1.29, 1.82) is 0 Å². The maximum atomic E-state index is 12.2. The standard InChI is InChI=1S/C16H19.C6HF5N.2ClH.Ti/c1-10-8-6-7-9-15(10)16-13(4)11(2)12(3)14(16)5;7-1-2(8)4(10)6(12)5(11)3(1)9;;;/h6-9,13H,1H2,2-5H3;12H;2*1H;/q2*-1;;;+2/p-2. The summed E-state index contributed by atoms with van der Waals surface area (Å²) in [5.74, 6) is -10.2. The first-order valence-electron chi connectivity index (χ1n) is 8.53. The molecule has 0 heterocycles. The normalized spacial score (nSPS) is 14.8. The van der Waals surface area contributed by atoms with Gasteiger partial charge in [-0.1, -0.05) is 35.4 Å². The molecule has 0 aliphatic heterocycles. The van der Waals surface area contributed by atoms with E-state index in [2.05, 4.69) is 58.9 Å². The second kappa shape index (κ2) is 12.5. The second-order valence-corrected chi connectivity index (χ2v) is 6.67. The van der Waals surface area contributed by atoms with Gasteiger partial charge in [0.2, 0.25) is 0 Å². The van der Waals surface area contributed by atoms with Crippen molar-refractivity contribution in [3.8, 4) is 0 Å². The molecule has 0 saturated carbocycles. The molecule has 0 amide bonds. The van der Waals surface area contributed by atoms with Crippen molar-refractivity contribution < 1.29 is 68.5 Å². The van der Waals surface area contributed by atoms with E-state index in [1.807, 2.05) is 0 Å². The summed E-state index contributed by atoms with van der Waals surface area (Å²) in [5, 5.41) is 0. The van der Waals surface area contributed by atoms with E-state index in [9.17, 15) is 22.0 Å². The predicted molar refractivity (Wildman–Crippen MR) is 101 cm³/mol. The average Bonchev–Trinajstić information content (AvgIpc) is 2.87. The summed E-state index contributed by atoms with van der Waals surface area (Å²) in [6.07, 6.45) is 0. The number of hydrogen-bond acceptors (Lipinski definition) is 0. The Kier molecular flexibility index (Phi) is 12.8. The molecule has 2 aromatic rings. The van der Waals surface area contributed by atoms with Crippen molar-refractivity contribution in [3.63, 3.8) is 0 Å². The van der Waals surface area contributed by atoms with Gasteiger partial charge >= 0.3 is 21.7 Å². The van der Waals surface area contributed by atoms with Gasteiger partial charge in [0, 0.05) is 0 Å². The van der Waals surface area contributed by atoms with Gasteiger partial charge in [-0.15, -0.1) is 17.7 Å². The minimum atomic E-state index is -2.25. The Bertz CT molecular complexity index is 901. The van der Waals surface area contributed by atoms with Gasteiger partial charge < -0.3 is 30.5 Å². The van der Waals surface area contributed by atoms with Crippen LogP contribution in [0.5, 0.6) is 0 Å². The van der Waals surface area contributed by atoms with Crippen molar-refractivity contribution >= 4 is 11.3 Å². The number of allylic oxidation sites excluding steroid dienone is 4. The summed E-state index contributed by atoms with van der Waals surface area (Å²) in [7, 11) is 0. The number of nitrogens with one attached hydrogen (secondary N) is 1. The molecule has 9 heteroatoms. The smallest absolute Gasteiger partial charge is 1.00 e. The topological polar surface area (TPSA) is 23.8 Å². The van der Waals surface area contributed by atoms with Gasteiger partial charge in [-0.3, -0.25) is 0 Å². The number of rotatable bonds is 1. The summed E-state index contributed by atoms with van der Waals surface area (Å²) >= 11 is 0. The summed E-state index contributed by atoms with van der Waals surface area (Å²) in [5.41, 5.74) is 13.1. The molecule has 1 N–H and O–H groups in total. The third-order valence-electron chi connectivity index (χ3n) is 5.16. The van der Waals surface area contributed by atoms with E-state index in [1.54, 1.807) is 0 Å². The van der Waals surface area contributed by atoms with E-state index >= 15 is 0 Å². The number of halogens is 7. The number of benzene rings is 2. The SMILES string of the molecule is [CH2-]c1ccccc1C1=C(C)C(C)=C(C)C1C.[Cl-].[Cl-].[NH-]c1c(F)c(F)c(F)c(F)c1F.[Ti+2].